The van der Waals surface area contributed by atoms with Crippen LogP contribution in [0, 0.1) is 0 Å². The average molecular weight is 370 g/mol. The molecule has 0 aliphatic heterocycles. The van der Waals surface area contributed by atoms with E-state index in [0.29, 0.717) is 0 Å². The zero-order valence-electron chi connectivity index (χ0n) is 14.9. The van der Waals surface area contributed by atoms with E-state index in [2.05, 4.69) is 16.7 Å². The van der Waals surface area contributed by atoms with E-state index in [1.165, 1.54) is 17.9 Å². The number of esters is 1. The maximum atomic E-state index is 12.1. The van der Waals surface area contributed by atoms with Crippen molar-refractivity contribution in [2.75, 3.05) is 13.2 Å². The molecule has 1 unspecified atom stereocenters. The number of fused-ring (bicyclic) bond motifs is 1. The summed E-state index contributed by atoms with van der Waals surface area (Å²) in [6.07, 6.45) is 4.27. The van der Waals surface area contributed by atoms with Gasteiger partial charge >= 0.3 is 5.97 Å². The standard InChI is InChI=1S/C20H22N2O5/c23-18(22-16-8-3-6-14-5-1-2-7-15(14)16)13-27-19(24)10-11-21-20(25)17-9-4-12-26-17/h1-2,4-5,7,9,12,16H,3,6,8,10-11,13H2,(H,21,25)(H,22,23). The Bertz CT molecular complexity index is 800. The lowest BCUT2D eigenvalue weighted by Gasteiger charge is -2.26. The van der Waals surface area contributed by atoms with E-state index in [1.807, 2.05) is 18.2 Å². The van der Waals surface area contributed by atoms with Crippen molar-refractivity contribution in [1.29, 1.82) is 0 Å². The Balaban J connectivity index is 1.37. The molecule has 1 aromatic heterocycles. The van der Waals surface area contributed by atoms with Crippen molar-refractivity contribution in [1.82, 2.24) is 10.6 Å². The molecule has 2 amide bonds. The predicted molar refractivity (Wildman–Crippen MR) is 96.9 cm³/mol. The minimum absolute atomic E-state index is 0.0218. The Labute approximate surface area is 157 Å². The maximum Gasteiger partial charge on any atom is 0.308 e. The number of amides is 2. The number of aryl methyl sites for hydroxylation is 1. The summed E-state index contributed by atoms with van der Waals surface area (Å²) in [4.78, 5) is 35.5. The number of furan rings is 1. The Morgan fingerprint density at radius 2 is 2.00 bits per heavy atom. The minimum atomic E-state index is -0.547. The van der Waals surface area contributed by atoms with Crippen LogP contribution in [0.1, 0.15) is 47.0 Å². The van der Waals surface area contributed by atoms with E-state index >= 15 is 0 Å². The Kier molecular flexibility index (Phi) is 6.25. The number of ether oxygens (including phenoxy) is 1. The first-order valence-corrected chi connectivity index (χ1v) is 8.98. The van der Waals surface area contributed by atoms with Crippen LogP contribution < -0.4 is 10.6 Å². The molecule has 0 saturated carbocycles. The van der Waals surface area contributed by atoms with Crippen LogP contribution >= 0.6 is 0 Å². The molecule has 1 aliphatic rings. The molecule has 0 bridgehead atoms. The van der Waals surface area contributed by atoms with Crippen molar-refractivity contribution in [3.8, 4) is 0 Å². The first-order valence-electron chi connectivity index (χ1n) is 8.98. The van der Waals surface area contributed by atoms with Crippen LogP contribution in [-0.2, 0) is 20.7 Å². The fourth-order valence-corrected chi connectivity index (χ4v) is 3.13. The molecule has 2 N–H and O–H groups in total. The third kappa shape index (κ3) is 5.20. The molecular formula is C20H22N2O5. The SMILES string of the molecule is O=C(COC(=O)CCNC(=O)c1ccco1)NC1CCCc2ccccc21. The molecule has 2 aromatic rings. The van der Waals surface area contributed by atoms with Crippen LogP contribution in [0.4, 0.5) is 0 Å². The summed E-state index contributed by atoms with van der Waals surface area (Å²) in [5.41, 5.74) is 2.38. The molecule has 3 rings (SSSR count). The molecule has 27 heavy (non-hydrogen) atoms. The summed E-state index contributed by atoms with van der Waals surface area (Å²) in [7, 11) is 0. The Hall–Kier alpha value is -3.09. The molecule has 142 valence electrons. The fraction of sp³-hybridized carbons (Fsp3) is 0.350. The lowest BCUT2D eigenvalue weighted by atomic mass is 9.88. The first-order chi connectivity index (χ1) is 13.1. The number of nitrogens with one attached hydrogen (secondary N) is 2. The summed E-state index contributed by atoms with van der Waals surface area (Å²) in [5.74, 6) is -1.10. The molecule has 7 heteroatoms. The van der Waals surface area contributed by atoms with Gasteiger partial charge < -0.3 is 19.8 Å². The molecule has 0 saturated heterocycles. The largest absolute Gasteiger partial charge is 0.459 e. The van der Waals surface area contributed by atoms with Crippen LogP contribution in [0.5, 0.6) is 0 Å². The van der Waals surface area contributed by atoms with Gasteiger partial charge in [0.1, 0.15) is 0 Å². The van der Waals surface area contributed by atoms with Crippen LogP contribution in [-0.4, -0.2) is 30.9 Å². The lowest BCUT2D eigenvalue weighted by molar-refractivity contribution is -0.148. The normalized spacial score (nSPS) is 15.5. The second-order valence-corrected chi connectivity index (χ2v) is 6.36. The van der Waals surface area contributed by atoms with Gasteiger partial charge in [-0.3, -0.25) is 14.4 Å². The van der Waals surface area contributed by atoms with Gasteiger partial charge in [-0.2, -0.15) is 0 Å². The smallest absolute Gasteiger partial charge is 0.308 e. The molecule has 0 spiro atoms. The van der Waals surface area contributed by atoms with Crippen molar-refractivity contribution in [2.45, 2.75) is 31.7 Å². The molecule has 1 atom stereocenters. The second-order valence-electron chi connectivity index (χ2n) is 6.36. The third-order valence-corrected chi connectivity index (χ3v) is 4.43. The number of carbonyl (C=O) groups excluding carboxylic acids is 3. The first kappa shape index (κ1) is 18.7. The highest BCUT2D eigenvalue weighted by atomic mass is 16.5. The van der Waals surface area contributed by atoms with Crippen molar-refractivity contribution >= 4 is 17.8 Å². The molecule has 1 heterocycles. The molecule has 0 radical (unpaired) electrons. The minimum Gasteiger partial charge on any atom is -0.459 e. The highest BCUT2D eigenvalue weighted by molar-refractivity contribution is 5.91. The van der Waals surface area contributed by atoms with E-state index in [-0.39, 0.29) is 37.3 Å². The Morgan fingerprint density at radius 3 is 2.81 bits per heavy atom. The monoisotopic (exact) mass is 370 g/mol. The van der Waals surface area contributed by atoms with Gasteiger partial charge in [-0.15, -0.1) is 0 Å². The predicted octanol–water partition coefficient (Wildman–Crippen LogP) is 2.14. The summed E-state index contributed by atoms with van der Waals surface area (Å²) < 4.78 is 9.93. The third-order valence-electron chi connectivity index (χ3n) is 4.43. The zero-order chi connectivity index (χ0) is 19.1. The number of benzene rings is 1. The van der Waals surface area contributed by atoms with Crippen LogP contribution in [0.2, 0.25) is 0 Å². The zero-order valence-corrected chi connectivity index (χ0v) is 14.9. The summed E-state index contributed by atoms with van der Waals surface area (Å²) in [6, 6.07) is 11.1. The highest BCUT2D eigenvalue weighted by Gasteiger charge is 2.21. The van der Waals surface area contributed by atoms with Crippen LogP contribution in [0.3, 0.4) is 0 Å². The number of hydrogen-bond donors (Lipinski definition) is 2. The number of carbonyl (C=O) groups is 3. The molecular weight excluding hydrogens is 348 g/mol. The molecule has 1 aromatic carbocycles. The van der Waals surface area contributed by atoms with Gasteiger partial charge in [0.15, 0.2) is 12.4 Å². The van der Waals surface area contributed by atoms with Gasteiger partial charge in [-0.1, -0.05) is 24.3 Å². The van der Waals surface area contributed by atoms with E-state index < -0.39 is 11.9 Å². The number of hydrogen-bond acceptors (Lipinski definition) is 5. The fourth-order valence-electron chi connectivity index (χ4n) is 3.13. The summed E-state index contributed by atoms with van der Waals surface area (Å²) in [6.45, 7) is -0.223. The second kappa shape index (κ2) is 9.02. The topological polar surface area (TPSA) is 97.6 Å². The van der Waals surface area contributed by atoms with Crippen molar-refractivity contribution in [3.05, 3.63) is 59.5 Å². The van der Waals surface area contributed by atoms with E-state index in [0.717, 1.165) is 24.8 Å². The summed E-state index contributed by atoms with van der Waals surface area (Å²) >= 11 is 0. The van der Waals surface area contributed by atoms with Gasteiger partial charge in [0.05, 0.1) is 18.7 Å². The van der Waals surface area contributed by atoms with Crippen molar-refractivity contribution in [2.24, 2.45) is 0 Å². The van der Waals surface area contributed by atoms with E-state index in [1.54, 1.807) is 6.07 Å². The highest BCUT2D eigenvalue weighted by Crippen LogP contribution is 2.29. The van der Waals surface area contributed by atoms with Gasteiger partial charge in [0, 0.05) is 6.54 Å². The summed E-state index contributed by atoms with van der Waals surface area (Å²) in [5, 5.41) is 5.47. The van der Waals surface area contributed by atoms with Gasteiger partial charge in [-0.05, 0) is 42.5 Å². The van der Waals surface area contributed by atoms with E-state index in [9.17, 15) is 14.4 Å². The van der Waals surface area contributed by atoms with Crippen LogP contribution in [0.25, 0.3) is 0 Å². The average Bonchev–Trinajstić information content (AvgIpc) is 3.21. The molecule has 7 nitrogen and oxygen atoms in total. The molecule has 1 aliphatic carbocycles. The van der Waals surface area contributed by atoms with Crippen molar-refractivity contribution in [3.63, 3.8) is 0 Å². The van der Waals surface area contributed by atoms with Crippen molar-refractivity contribution < 1.29 is 23.5 Å². The molecule has 0 fully saturated rings. The van der Waals surface area contributed by atoms with Gasteiger partial charge in [0.25, 0.3) is 11.8 Å². The van der Waals surface area contributed by atoms with E-state index in [4.69, 9.17) is 9.15 Å². The maximum absolute atomic E-state index is 12.1. The Morgan fingerprint density at radius 1 is 1.15 bits per heavy atom. The van der Waals surface area contributed by atoms with Gasteiger partial charge in [-0.25, -0.2) is 0 Å². The van der Waals surface area contributed by atoms with Crippen LogP contribution in [0.15, 0.2) is 47.1 Å². The lowest BCUT2D eigenvalue weighted by Crippen LogP contribution is -2.34. The quantitative estimate of drug-likeness (QED) is 0.728. The van der Waals surface area contributed by atoms with Gasteiger partial charge in [0.2, 0.25) is 0 Å². The number of rotatable bonds is 7.